The Bertz CT molecular complexity index is 444. The lowest BCUT2D eigenvalue weighted by atomic mass is 10.2. The second kappa shape index (κ2) is 7.89. The van der Waals surface area contributed by atoms with Crippen LogP contribution in [0.1, 0.15) is 19.4 Å². The van der Waals surface area contributed by atoms with Crippen LogP contribution in [0.4, 0.5) is 22.0 Å². The van der Waals surface area contributed by atoms with Crippen molar-refractivity contribution in [2.45, 2.75) is 32.2 Å². The van der Waals surface area contributed by atoms with Crippen molar-refractivity contribution in [2.75, 3.05) is 13.2 Å². The first-order chi connectivity index (χ1) is 10.2. The molecule has 0 unspecified atom stereocenters. The van der Waals surface area contributed by atoms with Crippen LogP contribution in [0, 0.1) is 0 Å². The molecule has 0 N–H and O–H groups in total. The van der Waals surface area contributed by atoms with Gasteiger partial charge in [0.05, 0.1) is 0 Å². The zero-order chi connectivity index (χ0) is 16.8. The third-order valence-electron chi connectivity index (χ3n) is 2.61. The minimum Gasteiger partial charge on any atom is -0.426 e. The third-order valence-corrected chi connectivity index (χ3v) is 4.82. The average Bonchev–Trinajstić information content (AvgIpc) is 2.40. The van der Waals surface area contributed by atoms with E-state index in [9.17, 15) is 22.0 Å². The van der Waals surface area contributed by atoms with Crippen LogP contribution in [0.25, 0.3) is 0 Å². The molecule has 1 aromatic carbocycles. The van der Waals surface area contributed by atoms with Crippen LogP contribution in [0.3, 0.4) is 0 Å². The summed E-state index contributed by atoms with van der Waals surface area (Å²) in [6, 6.07) is 5.45. The lowest BCUT2D eigenvalue weighted by Gasteiger charge is -2.20. The van der Waals surface area contributed by atoms with Gasteiger partial charge < -0.3 is 13.6 Å². The minimum absolute atomic E-state index is 0.484. The maximum atomic E-state index is 12.7. The highest BCUT2D eigenvalue weighted by Gasteiger charge is 2.61. The van der Waals surface area contributed by atoms with Crippen LogP contribution >= 0.6 is 0 Å². The summed E-state index contributed by atoms with van der Waals surface area (Å²) in [7, 11) is -1.91. The predicted octanol–water partition coefficient (Wildman–Crippen LogP) is 3.60. The van der Waals surface area contributed by atoms with Crippen molar-refractivity contribution < 1.29 is 35.5 Å². The first-order valence-corrected chi connectivity index (χ1v) is 8.41. The zero-order valence-corrected chi connectivity index (χ0v) is 13.3. The molecule has 0 aliphatic rings. The lowest BCUT2D eigenvalue weighted by Crippen LogP contribution is -2.41. The fourth-order valence-electron chi connectivity index (χ4n) is 1.63. The molecule has 0 spiro atoms. The fourth-order valence-corrected chi connectivity index (χ4v) is 3.36. The van der Waals surface area contributed by atoms with Gasteiger partial charge in [-0.15, -0.1) is 0 Å². The Morgan fingerprint density at radius 1 is 0.909 bits per heavy atom. The van der Waals surface area contributed by atoms with Gasteiger partial charge in [0, 0.05) is 19.3 Å². The van der Waals surface area contributed by atoms with E-state index in [0.29, 0.717) is 19.3 Å². The first-order valence-electron chi connectivity index (χ1n) is 6.65. The number of hydrogen-bond acceptors (Lipinski definition) is 3. The normalized spacial score (nSPS) is 12.7. The molecule has 126 valence electrons. The predicted molar refractivity (Wildman–Crippen MR) is 72.2 cm³/mol. The number of alkyl halides is 5. The highest BCUT2D eigenvalue weighted by atomic mass is 28.3. The Morgan fingerprint density at radius 2 is 1.41 bits per heavy atom. The molecular weight excluding hydrogens is 327 g/mol. The van der Waals surface area contributed by atoms with Crippen LogP contribution in [-0.2, 0) is 14.9 Å². The van der Waals surface area contributed by atoms with Gasteiger partial charge in [0.1, 0.15) is 5.75 Å². The largest absolute Gasteiger partial charge is 0.499 e. The summed E-state index contributed by atoms with van der Waals surface area (Å²) >= 11 is 0. The Morgan fingerprint density at radius 3 is 1.82 bits per heavy atom. The average molecular weight is 344 g/mol. The minimum atomic E-state index is -5.76. The van der Waals surface area contributed by atoms with E-state index in [2.05, 4.69) is 4.74 Å². The molecule has 3 nitrogen and oxygen atoms in total. The van der Waals surface area contributed by atoms with Gasteiger partial charge >= 0.3 is 21.6 Å². The van der Waals surface area contributed by atoms with Gasteiger partial charge in [-0.05, 0) is 31.5 Å². The number of benzene rings is 1. The monoisotopic (exact) mass is 344 g/mol. The summed E-state index contributed by atoms with van der Waals surface area (Å²) in [6.45, 7) is 4.65. The summed E-state index contributed by atoms with van der Waals surface area (Å²) < 4.78 is 76.2. The number of ether oxygens (including phenoxy) is 1. The number of halogens is 5. The molecule has 0 amide bonds. The third kappa shape index (κ3) is 5.54. The van der Waals surface area contributed by atoms with Gasteiger partial charge in [-0.3, -0.25) is 0 Å². The summed E-state index contributed by atoms with van der Waals surface area (Å²) in [5.74, 6) is -0.558. The van der Waals surface area contributed by atoms with E-state index in [1.165, 1.54) is 12.1 Å². The van der Waals surface area contributed by atoms with E-state index >= 15 is 0 Å². The quantitative estimate of drug-likeness (QED) is 0.533. The van der Waals surface area contributed by atoms with Gasteiger partial charge in [0.25, 0.3) is 0 Å². The standard InChI is InChI=1S/C13H17F5O3Si/c1-3-19-22(20-4-2)9-10-5-7-11(8-6-10)21-13(17,18)12(14,15)16/h5-8,22H,3-4,9H2,1-2H3. The van der Waals surface area contributed by atoms with Gasteiger partial charge in [-0.1, -0.05) is 12.1 Å². The van der Waals surface area contributed by atoms with Gasteiger partial charge in [0.2, 0.25) is 0 Å². The van der Waals surface area contributed by atoms with Gasteiger partial charge in [0.15, 0.2) is 0 Å². The van der Waals surface area contributed by atoms with Crippen molar-refractivity contribution in [3.8, 4) is 5.75 Å². The smallest absolute Gasteiger partial charge is 0.426 e. The van der Waals surface area contributed by atoms with E-state index in [1.54, 1.807) is 0 Å². The fraction of sp³-hybridized carbons (Fsp3) is 0.538. The second-order valence-corrected chi connectivity index (χ2v) is 6.24. The molecule has 1 aromatic rings. The highest BCUT2D eigenvalue weighted by molar-refractivity contribution is 6.43. The van der Waals surface area contributed by atoms with E-state index in [4.69, 9.17) is 8.85 Å². The summed E-state index contributed by atoms with van der Waals surface area (Å²) in [4.78, 5) is 0. The molecule has 0 saturated carbocycles. The van der Waals surface area contributed by atoms with E-state index in [0.717, 1.165) is 17.7 Å². The molecule has 9 heteroatoms. The van der Waals surface area contributed by atoms with Crippen molar-refractivity contribution in [1.82, 2.24) is 0 Å². The highest BCUT2D eigenvalue weighted by Crippen LogP contribution is 2.37. The molecule has 0 heterocycles. The summed E-state index contributed by atoms with van der Waals surface area (Å²) in [6.07, 6.45) is -11.0. The Kier molecular flexibility index (Phi) is 6.76. The summed E-state index contributed by atoms with van der Waals surface area (Å²) in [5, 5.41) is 0. The molecule has 0 bridgehead atoms. The Hall–Kier alpha value is -1.19. The number of hydrogen-bond donors (Lipinski definition) is 0. The van der Waals surface area contributed by atoms with Crippen LogP contribution in [0.2, 0.25) is 0 Å². The van der Waals surface area contributed by atoms with Gasteiger partial charge in [-0.25, -0.2) is 0 Å². The van der Waals surface area contributed by atoms with E-state index in [-0.39, 0.29) is 0 Å². The van der Waals surface area contributed by atoms with Crippen LogP contribution in [-0.4, -0.2) is 34.8 Å². The van der Waals surface area contributed by atoms with E-state index in [1.807, 2.05) is 13.8 Å². The molecule has 0 aliphatic heterocycles. The maximum Gasteiger partial charge on any atom is 0.499 e. The van der Waals surface area contributed by atoms with Crippen LogP contribution in [0.15, 0.2) is 24.3 Å². The molecule has 1 rings (SSSR count). The second-order valence-electron chi connectivity index (χ2n) is 4.30. The molecular formula is C13H17F5O3Si. The SMILES string of the molecule is CCO[SiH](Cc1ccc(OC(F)(F)C(F)(F)F)cc1)OCC. The van der Waals surface area contributed by atoms with E-state index < -0.39 is 27.3 Å². The van der Waals surface area contributed by atoms with Crippen molar-refractivity contribution in [3.63, 3.8) is 0 Å². The topological polar surface area (TPSA) is 27.7 Å². The Balaban J connectivity index is 2.70. The molecule has 0 aromatic heterocycles. The lowest BCUT2D eigenvalue weighted by molar-refractivity contribution is -0.360. The zero-order valence-electron chi connectivity index (χ0n) is 12.1. The first kappa shape index (κ1) is 18.9. The molecule has 0 aliphatic carbocycles. The summed E-state index contributed by atoms with van der Waals surface area (Å²) in [5.41, 5.74) is 0.723. The van der Waals surface area contributed by atoms with Crippen LogP contribution in [0.5, 0.6) is 5.75 Å². The van der Waals surface area contributed by atoms with Crippen molar-refractivity contribution in [1.29, 1.82) is 0 Å². The van der Waals surface area contributed by atoms with Gasteiger partial charge in [-0.2, -0.15) is 22.0 Å². The van der Waals surface area contributed by atoms with Crippen molar-refractivity contribution in [3.05, 3.63) is 29.8 Å². The van der Waals surface area contributed by atoms with Crippen molar-refractivity contribution >= 4 is 9.28 Å². The molecule has 0 fully saturated rings. The number of rotatable bonds is 8. The molecule has 0 radical (unpaired) electrons. The maximum absolute atomic E-state index is 12.7. The molecule has 0 atom stereocenters. The molecule has 0 saturated heterocycles. The van der Waals surface area contributed by atoms with Crippen molar-refractivity contribution in [2.24, 2.45) is 0 Å². The Labute approximate surface area is 126 Å². The molecule has 22 heavy (non-hydrogen) atoms. The van der Waals surface area contributed by atoms with Crippen LogP contribution < -0.4 is 4.74 Å².